The molecule has 5 heteroatoms. The number of carbonyl (C=O) groups is 1. The van der Waals surface area contributed by atoms with Crippen molar-refractivity contribution in [2.45, 2.75) is 32.4 Å². The second-order valence-corrected chi connectivity index (χ2v) is 5.71. The summed E-state index contributed by atoms with van der Waals surface area (Å²) in [6.45, 7) is 4.42. The van der Waals surface area contributed by atoms with Crippen molar-refractivity contribution in [2.24, 2.45) is 11.1 Å². The molecule has 2 atom stereocenters. The van der Waals surface area contributed by atoms with Crippen molar-refractivity contribution >= 4 is 5.91 Å². The number of nitrogens with one attached hydrogen (secondary N) is 1. The summed E-state index contributed by atoms with van der Waals surface area (Å²) in [6.07, 6.45) is 2.57. The standard InChI is InChI=1S/C16H21N3O2/c1-16(2)12(10-13(16)21-3)19-15(20)14-11(6-4-8-17)7-5-9-18-14/h5,7,9,12-13H,8,10,17H2,1-3H3,(H,19,20). The van der Waals surface area contributed by atoms with Gasteiger partial charge in [-0.15, -0.1) is 0 Å². The van der Waals surface area contributed by atoms with Crippen LogP contribution in [0, 0.1) is 17.3 Å². The van der Waals surface area contributed by atoms with Gasteiger partial charge >= 0.3 is 0 Å². The SMILES string of the molecule is COC1CC(NC(=O)c2ncccc2C#CCN)C1(C)C. The first kappa shape index (κ1) is 15.5. The van der Waals surface area contributed by atoms with Gasteiger partial charge in [-0.25, -0.2) is 4.98 Å². The zero-order valence-electron chi connectivity index (χ0n) is 12.6. The zero-order chi connectivity index (χ0) is 15.5. The molecule has 0 aliphatic heterocycles. The summed E-state index contributed by atoms with van der Waals surface area (Å²) in [4.78, 5) is 16.5. The lowest BCUT2D eigenvalue weighted by atomic mass is 9.64. The fourth-order valence-electron chi connectivity index (χ4n) is 2.59. The quantitative estimate of drug-likeness (QED) is 0.811. The fraction of sp³-hybridized carbons (Fsp3) is 0.500. The third kappa shape index (κ3) is 3.07. The Hall–Kier alpha value is -1.90. The molecule has 2 unspecified atom stereocenters. The lowest BCUT2D eigenvalue weighted by Gasteiger charge is -2.51. The van der Waals surface area contributed by atoms with Gasteiger partial charge in [0.15, 0.2) is 0 Å². The second kappa shape index (κ2) is 6.25. The van der Waals surface area contributed by atoms with Crippen LogP contribution in [-0.4, -0.2) is 36.7 Å². The van der Waals surface area contributed by atoms with Gasteiger partial charge in [0.2, 0.25) is 0 Å². The Balaban J connectivity index is 2.12. The second-order valence-electron chi connectivity index (χ2n) is 5.71. The molecule has 3 N–H and O–H groups in total. The number of pyridine rings is 1. The van der Waals surface area contributed by atoms with Gasteiger partial charge in [0.05, 0.1) is 18.2 Å². The average Bonchev–Trinajstić information content (AvgIpc) is 2.48. The normalized spacial score (nSPS) is 22.7. The third-order valence-electron chi connectivity index (χ3n) is 4.12. The highest BCUT2D eigenvalue weighted by Gasteiger charge is 2.49. The summed E-state index contributed by atoms with van der Waals surface area (Å²) in [5.74, 6) is 5.43. The van der Waals surface area contributed by atoms with Gasteiger partial charge in [-0.3, -0.25) is 4.79 Å². The minimum atomic E-state index is -0.204. The van der Waals surface area contributed by atoms with E-state index in [1.54, 1.807) is 25.4 Å². The highest BCUT2D eigenvalue weighted by atomic mass is 16.5. The Bertz CT molecular complexity index is 587. The highest BCUT2D eigenvalue weighted by molar-refractivity contribution is 5.95. The molecule has 1 fully saturated rings. The van der Waals surface area contributed by atoms with Crippen molar-refractivity contribution < 1.29 is 9.53 Å². The molecule has 5 nitrogen and oxygen atoms in total. The number of amides is 1. The first-order chi connectivity index (χ1) is 10.0. The van der Waals surface area contributed by atoms with Gasteiger partial charge in [-0.05, 0) is 18.6 Å². The lowest BCUT2D eigenvalue weighted by molar-refractivity contribution is -0.0942. The maximum atomic E-state index is 12.4. The molecule has 1 aromatic heterocycles. The number of nitrogens with zero attached hydrogens (tertiary/aromatic N) is 1. The average molecular weight is 287 g/mol. The number of aromatic nitrogens is 1. The Morgan fingerprint density at radius 1 is 1.62 bits per heavy atom. The Morgan fingerprint density at radius 3 is 3.00 bits per heavy atom. The third-order valence-corrected chi connectivity index (χ3v) is 4.12. The number of nitrogens with two attached hydrogens (primary N) is 1. The fourth-order valence-corrected chi connectivity index (χ4v) is 2.59. The predicted molar refractivity (Wildman–Crippen MR) is 80.6 cm³/mol. The Labute approximate surface area is 125 Å². The predicted octanol–water partition coefficient (Wildman–Crippen LogP) is 0.935. The van der Waals surface area contributed by atoms with E-state index in [0.29, 0.717) is 11.3 Å². The molecule has 0 bridgehead atoms. The van der Waals surface area contributed by atoms with Gasteiger partial charge < -0.3 is 15.8 Å². The van der Waals surface area contributed by atoms with E-state index in [9.17, 15) is 4.79 Å². The maximum Gasteiger partial charge on any atom is 0.271 e. The van der Waals surface area contributed by atoms with Gasteiger partial charge in [0.1, 0.15) is 5.69 Å². The van der Waals surface area contributed by atoms with E-state index in [2.05, 4.69) is 36.0 Å². The number of methoxy groups -OCH3 is 1. The van der Waals surface area contributed by atoms with Crippen molar-refractivity contribution in [1.82, 2.24) is 10.3 Å². The van der Waals surface area contributed by atoms with E-state index in [1.807, 2.05) is 0 Å². The van der Waals surface area contributed by atoms with Gasteiger partial charge in [0, 0.05) is 24.8 Å². The van der Waals surface area contributed by atoms with Crippen molar-refractivity contribution in [3.05, 3.63) is 29.6 Å². The number of hydrogen-bond acceptors (Lipinski definition) is 4. The van der Waals surface area contributed by atoms with Crippen molar-refractivity contribution in [1.29, 1.82) is 0 Å². The molecule has 1 heterocycles. The lowest BCUT2D eigenvalue weighted by Crippen LogP contribution is -2.61. The summed E-state index contributed by atoms with van der Waals surface area (Å²) in [7, 11) is 1.70. The molecular formula is C16H21N3O2. The smallest absolute Gasteiger partial charge is 0.271 e. The summed E-state index contributed by atoms with van der Waals surface area (Å²) >= 11 is 0. The number of carbonyl (C=O) groups excluding carboxylic acids is 1. The van der Waals surface area contributed by atoms with Gasteiger partial charge in [-0.2, -0.15) is 0 Å². The number of ether oxygens (including phenoxy) is 1. The van der Waals surface area contributed by atoms with E-state index in [4.69, 9.17) is 10.5 Å². The Morgan fingerprint density at radius 2 is 2.38 bits per heavy atom. The molecule has 2 rings (SSSR count). The van der Waals surface area contributed by atoms with E-state index >= 15 is 0 Å². The van der Waals surface area contributed by atoms with E-state index in [0.717, 1.165) is 6.42 Å². The first-order valence-corrected chi connectivity index (χ1v) is 6.98. The zero-order valence-corrected chi connectivity index (χ0v) is 12.6. The minimum Gasteiger partial charge on any atom is -0.381 e. The topological polar surface area (TPSA) is 77.2 Å². The van der Waals surface area contributed by atoms with Crippen LogP contribution in [0.3, 0.4) is 0 Å². The summed E-state index contributed by atoms with van der Waals surface area (Å²) in [5.41, 5.74) is 6.23. The van der Waals surface area contributed by atoms with Crippen molar-refractivity contribution in [2.75, 3.05) is 13.7 Å². The molecule has 1 amide bonds. The van der Waals surface area contributed by atoms with Crippen LogP contribution in [0.4, 0.5) is 0 Å². The highest BCUT2D eigenvalue weighted by Crippen LogP contribution is 2.42. The van der Waals surface area contributed by atoms with Crippen LogP contribution >= 0.6 is 0 Å². The molecule has 112 valence electrons. The van der Waals surface area contributed by atoms with Crippen LogP contribution in [0.2, 0.25) is 0 Å². The summed E-state index contributed by atoms with van der Waals surface area (Å²) in [6, 6.07) is 3.60. The molecule has 0 saturated heterocycles. The van der Waals surface area contributed by atoms with Gasteiger partial charge in [0.25, 0.3) is 5.91 Å². The van der Waals surface area contributed by atoms with E-state index in [1.165, 1.54) is 0 Å². The summed E-state index contributed by atoms with van der Waals surface area (Å²) < 4.78 is 5.39. The number of hydrogen-bond donors (Lipinski definition) is 2. The van der Waals surface area contributed by atoms with Gasteiger partial charge in [-0.1, -0.05) is 25.7 Å². The molecule has 1 saturated carbocycles. The van der Waals surface area contributed by atoms with Crippen LogP contribution < -0.4 is 11.1 Å². The van der Waals surface area contributed by atoms with E-state index < -0.39 is 0 Å². The van der Waals surface area contributed by atoms with Crippen LogP contribution in [-0.2, 0) is 4.74 Å². The molecule has 0 aromatic carbocycles. The number of rotatable bonds is 3. The maximum absolute atomic E-state index is 12.4. The monoisotopic (exact) mass is 287 g/mol. The molecule has 21 heavy (non-hydrogen) atoms. The molecule has 1 aromatic rings. The Kier molecular flexibility index (Phi) is 4.61. The molecule has 0 radical (unpaired) electrons. The van der Waals surface area contributed by atoms with E-state index in [-0.39, 0.29) is 30.0 Å². The molecular weight excluding hydrogens is 266 g/mol. The largest absolute Gasteiger partial charge is 0.381 e. The van der Waals surface area contributed by atoms with Crippen LogP contribution in [0.25, 0.3) is 0 Å². The van der Waals surface area contributed by atoms with Crippen molar-refractivity contribution in [3.8, 4) is 11.8 Å². The van der Waals surface area contributed by atoms with Crippen LogP contribution in [0.15, 0.2) is 18.3 Å². The molecule has 1 aliphatic rings. The van der Waals surface area contributed by atoms with Crippen LogP contribution in [0.1, 0.15) is 36.3 Å². The first-order valence-electron chi connectivity index (χ1n) is 6.98. The molecule has 0 spiro atoms. The summed E-state index contributed by atoms with van der Waals surface area (Å²) in [5, 5.41) is 3.02. The van der Waals surface area contributed by atoms with Crippen LogP contribution in [0.5, 0.6) is 0 Å². The van der Waals surface area contributed by atoms with Crippen molar-refractivity contribution in [3.63, 3.8) is 0 Å². The molecule has 1 aliphatic carbocycles. The minimum absolute atomic E-state index is 0.0762.